The number of anilines is 1. The van der Waals surface area contributed by atoms with Crippen LogP contribution < -0.4 is 5.06 Å². The van der Waals surface area contributed by atoms with Gasteiger partial charge in [-0.2, -0.15) is 0 Å². The highest BCUT2D eigenvalue weighted by Crippen LogP contribution is 2.33. The second-order valence-corrected chi connectivity index (χ2v) is 4.96. The number of fused-ring (bicyclic) bond motifs is 1. The van der Waals surface area contributed by atoms with Gasteiger partial charge in [0.2, 0.25) is 0 Å². The molecule has 1 heterocycles. The second kappa shape index (κ2) is 9.30. The molecule has 124 valence electrons. The van der Waals surface area contributed by atoms with Crippen LogP contribution in [0, 0.1) is 0 Å². The minimum Gasteiger partial charge on any atom is -0.468 e. The van der Waals surface area contributed by atoms with E-state index in [-0.39, 0.29) is 0 Å². The lowest BCUT2D eigenvalue weighted by Crippen LogP contribution is -2.19. The Hall–Kier alpha value is -2.88. The molecule has 2 aromatic rings. The first-order valence-electron chi connectivity index (χ1n) is 7.64. The third-order valence-electron chi connectivity index (χ3n) is 3.37. The first-order chi connectivity index (χ1) is 11.8. The van der Waals surface area contributed by atoms with Crippen molar-refractivity contribution in [2.45, 2.75) is 20.0 Å². The minimum atomic E-state index is 0.431. The zero-order valence-electron chi connectivity index (χ0n) is 13.5. The Kier molecular flexibility index (Phi) is 6.77. The van der Waals surface area contributed by atoms with E-state index in [0.717, 1.165) is 16.8 Å². The standard InChI is InChI=1S/C16H13NO2.C3H6O2/c18-11-15-10-14-8-4-5-9-16(14)17(15)19-12-13-6-2-1-3-7-13;1-2-5-3-4/h1-9H,10,12H2;3H,2H2,1H3. The summed E-state index contributed by atoms with van der Waals surface area (Å²) in [5.74, 6) is 1.96. The summed E-state index contributed by atoms with van der Waals surface area (Å²) >= 11 is 0. The number of para-hydroxylation sites is 1. The van der Waals surface area contributed by atoms with Crippen molar-refractivity contribution in [1.82, 2.24) is 0 Å². The minimum absolute atomic E-state index is 0.431. The van der Waals surface area contributed by atoms with Crippen LogP contribution >= 0.6 is 0 Å². The Labute approximate surface area is 141 Å². The number of carbonyl (C=O) groups is 1. The van der Waals surface area contributed by atoms with Crippen molar-refractivity contribution < 1.29 is 19.2 Å². The molecule has 0 spiro atoms. The SMILES string of the molecule is CCOC=O.O=C=C1Cc2ccccc2N1OCc1ccccc1. The Bertz CT molecular complexity index is 708. The van der Waals surface area contributed by atoms with Gasteiger partial charge in [0.15, 0.2) is 0 Å². The summed E-state index contributed by atoms with van der Waals surface area (Å²) in [7, 11) is 0. The lowest BCUT2D eigenvalue weighted by molar-refractivity contribution is -0.128. The smallest absolute Gasteiger partial charge is 0.293 e. The van der Waals surface area contributed by atoms with Crippen molar-refractivity contribution in [2.24, 2.45) is 0 Å². The van der Waals surface area contributed by atoms with Gasteiger partial charge >= 0.3 is 0 Å². The molecule has 0 aliphatic carbocycles. The van der Waals surface area contributed by atoms with Crippen LogP contribution in [-0.2, 0) is 32.2 Å². The topological polar surface area (TPSA) is 55.8 Å². The lowest BCUT2D eigenvalue weighted by Gasteiger charge is -2.18. The fourth-order valence-corrected chi connectivity index (χ4v) is 2.26. The van der Waals surface area contributed by atoms with E-state index in [1.165, 1.54) is 0 Å². The molecule has 0 bridgehead atoms. The van der Waals surface area contributed by atoms with Gasteiger partial charge in [0.05, 0.1) is 12.3 Å². The fraction of sp³-hybridized carbons (Fsp3) is 0.211. The summed E-state index contributed by atoms with van der Waals surface area (Å²) in [4.78, 5) is 25.9. The van der Waals surface area contributed by atoms with E-state index in [4.69, 9.17) is 4.84 Å². The molecule has 0 aromatic heterocycles. The first kappa shape index (κ1) is 17.5. The predicted octanol–water partition coefficient (Wildman–Crippen LogP) is 3.08. The van der Waals surface area contributed by atoms with E-state index < -0.39 is 0 Å². The van der Waals surface area contributed by atoms with E-state index in [1.54, 1.807) is 12.0 Å². The fourth-order valence-electron chi connectivity index (χ4n) is 2.26. The quantitative estimate of drug-likeness (QED) is 0.624. The number of nitrogens with zero attached hydrogens (tertiary/aromatic N) is 1. The molecule has 3 rings (SSSR count). The summed E-state index contributed by atoms with van der Waals surface area (Å²) in [6, 6.07) is 17.7. The summed E-state index contributed by atoms with van der Waals surface area (Å²) in [5, 5.41) is 1.59. The third kappa shape index (κ3) is 4.56. The molecule has 5 heteroatoms. The highest BCUT2D eigenvalue weighted by Gasteiger charge is 2.25. The van der Waals surface area contributed by atoms with Crippen LogP contribution in [0.3, 0.4) is 0 Å². The van der Waals surface area contributed by atoms with E-state index >= 15 is 0 Å². The number of benzene rings is 2. The predicted molar refractivity (Wildman–Crippen MR) is 90.8 cm³/mol. The molecule has 5 nitrogen and oxygen atoms in total. The van der Waals surface area contributed by atoms with Gasteiger partial charge < -0.3 is 4.74 Å². The van der Waals surface area contributed by atoms with E-state index in [9.17, 15) is 9.59 Å². The average Bonchev–Trinajstić information content (AvgIpc) is 3.00. The van der Waals surface area contributed by atoms with Crippen LogP contribution in [0.15, 0.2) is 60.3 Å². The van der Waals surface area contributed by atoms with E-state index in [0.29, 0.717) is 31.8 Å². The summed E-state index contributed by atoms with van der Waals surface area (Å²) in [6.07, 6.45) is 0.578. The number of carbonyl (C=O) groups excluding carboxylic acids is 2. The maximum Gasteiger partial charge on any atom is 0.293 e. The number of hydrogen-bond acceptors (Lipinski definition) is 5. The number of rotatable bonds is 5. The Morgan fingerprint density at radius 3 is 2.46 bits per heavy atom. The summed E-state index contributed by atoms with van der Waals surface area (Å²) in [6.45, 7) is 3.10. The van der Waals surface area contributed by atoms with Crippen molar-refractivity contribution in [3.63, 3.8) is 0 Å². The molecule has 0 atom stereocenters. The molecule has 0 unspecified atom stereocenters. The van der Waals surface area contributed by atoms with E-state index in [2.05, 4.69) is 4.74 Å². The zero-order chi connectivity index (χ0) is 17.2. The molecule has 0 saturated heterocycles. The number of ether oxygens (including phenoxy) is 1. The number of hydroxylamine groups is 1. The molecule has 0 amide bonds. The average molecular weight is 325 g/mol. The van der Waals surface area contributed by atoms with Crippen molar-refractivity contribution in [3.05, 3.63) is 71.4 Å². The number of allylic oxidation sites excluding steroid dienone is 1. The maximum absolute atomic E-state index is 11.0. The van der Waals surface area contributed by atoms with Crippen LogP contribution in [0.25, 0.3) is 0 Å². The molecule has 1 aliphatic heterocycles. The molecule has 24 heavy (non-hydrogen) atoms. The highest BCUT2D eigenvalue weighted by atomic mass is 16.7. The molecule has 0 saturated carbocycles. The first-order valence-corrected chi connectivity index (χ1v) is 7.64. The molecule has 2 aromatic carbocycles. The summed E-state index contributed by atoms with van der Waals surface area (Å²) < 4.78 is 4.15. The molecular formula is C19H19NO4. The van der Waals surface area contributed by atoms with Crippen LogP contribution in [0.5, 0.6) is 0 Å². The molecule has 0 N–H and O–H groups in total. The summed E-state index contributed by atoms with van der Waals surface area (Å²) in [5.41, 5.74) is 3.61. The zero-order valence-corrected chi connectivity index (χ0v) is 13.5. The van der Waals surface area contributed by atoms with Gasteiger partial charge in [0.25, 0.3) is 6.47 Å². The van der Waals surface area contributed by atoms with Gasteiger partial charge in [0, 0.05) is 6.42 Å². The second-order valence-electron chi connectivity index (χ2n) is 4.96. The van der Waals surface area contributed by atoms with Crippen molar-refractivity contribution in [3.8, 4) is 0 Å². The molecule has 0 fully saturated rings. The molecule has 1 aliphatic rings. The Morgan fingerprint density at radius 1 is 1.12 bits per heavy atom. The van der Waals surface area contributed by atoms with Crippen LogP contribution in [0.4, 0.5) is 5.69 Å². The van der Waals surface area contributed by atoms with E-state index in [1.807, 2.05) is 60.5 Å². The normalized spacial score (nSPS) is 11.9. The van der Waals surface area contributed by atoms with Crippen LogP contribution in [0.1, 0.15) is 18.1 Å². The van der Waals surface area contributed by atoms with Gasteiger partial charge in [-0.05, 0) is 24.1 Å². The van der Waals surface area contributed by atoms with Crippen molar-refractivity contribution in [2.75, 3.05) is 11.7 Å². The monoisotopic (exact) mass is 325 g/mol. The van der Waals surface area contributed by atoms with Crippen molar-refractivity contribution >= 4 is 18.1 Å². The van der Waals surface area contributed by atoms with Crippen LogP contribution in [0.2, 0.25) is 0 Å². The Morgan fingerprint density at radius 2 is 1.83 bits per heavy atom. The van der Waals surface area contributed by atoms with Gasteiger partial charge in [-0.3, -0.25) is 9.63 Å². The van der Waals surface area contributed by atoms with Gasteiger partial charge in [-0.1, -0.05) is 48.5 Å². The number of hydrogen-bond donors (Lipinski definition) is 0. The molecular weight excluding hydrogens is 306 g/mol. The largest absolute Gasteiger partial charge is 0.468 e. The highest BCUT2D eigenvalue weighted by molar-refractivity contribution is 5.71. The van der Waals surface area contributed by atoms with Gasteiger partial charge in [-0.25, -0.2) is 9.86 Å². The Balaban J connectivity index is 0.000000368. The maximum atomic E-state index is 11.0. The lowest BCUT2D eigenvalue weighted by atomic mass is 10.1. The van der Waals surface area contributed by atoms with Gasteiger partial charge in [-0.15, -0.1) is 0 Å². The third-order valence-corrected chi connectivity index (χ3v) is 3.37. The molecule has 0 radical (unpaired) electrons. The van der Waals surface area contributed by atoms with Crippen LogP contribution in [-0.4, -0.2) is 19.0 Å². The van der Waals surface area contributed by atoms with Crippen molar-refractivity contribution in [1.29, 1.82) is 0 Å². The van der Waals surface area contributed by atoms with Gasteiger partial charge in [0.1, 0.15) is 18.2 Å².